The van der Waals surface area contributed by atoms with Gasteiger partial charge in [0.25, 0.3) is 0 Å². The number of hydrogen-bond donors (Lipinski definition) is 0. The zero-order valence-electron chi connectivity index (χ0n) is 25.4. The second-order valence-corrected chi connectivity index (χ2v) is 11.1. The van der Waals surface area contributed by atoms with Gasteiger partial charge >= 0.3 is 0 Å². The van der Waals surface area contributed by atoms with Crippen LogP contribution in [0.3, 0.4) is 0 Å². The van der Waals surface area contributed by atoms with Crippen LogP contribution in [0, 0.1) is 18.8 Å². The Morgan fingerprint density at radius 2 is 1.60 bits per heavy atom. The van der Waals surface area contributed by atoms with E-state index in [1.54, 1.807) is 17.8 Å². The summed E-state index contributed by atoms with van der Waals surface area (Å²) in [5, 5.41) is 2.19. The number of rotatable bonds is 4. The van der Waals surface area contributed by atoms with Crippen molar-refractivity contribution in [3.63, 3.8) is 0 Å². The first-order valence-electron chi connectivity index (χ1n) is 15.5. The zero-order valence-corrected chi connectivity index (χ0v) is 24.7. The fraction of sp³-hybridized carbons (Fsp3) is 0.167. The molecule has 0 N–H and O–H groups in total. The Morgan fingerprint density at radius 3 is 2.43 bits per heavy atom. The Labute approximate surface area is 263 Å². The molecule has 2 fully saturated rings. The molecule has 4 aromatic carbocycles. The summed E-state index contributed by atoms with van der Waals surface area (Å²) in [6.45, 7) is -0.450. The van der Waals surface area contributed by atoms with Gasteiger partial charge in [0, 0.05) is 66.4 Å². The Kier molecular flexibility index (Phi) is 5.30. The molecule has 4 atom stereocenters. The van der Waals surface area contributed by atoms with Crippen LogP contribution in [0.15, 0.2) is 103 Å². The molecule has 6 heteroatoms. The molecule has 3 heterocycles. The van der Waals surface area contributed by atoms with Crippen molar-refractivity contribution in [2.75, 3.05) is 11.9 Å². The molecule has 2 aliphatic carbocycles. The van der Waals surface area contributed by atoms with E-state index in [9.17, 15) is 0 Å². The first-order valence-corrected chi connectivity index (χ1v) is 14.0. The van der Waals surface area contributed by atoms with Gasteiger partial charge in [-0.3, -0.25) is 0 Å². The second kappa shape index (κ2) is 9.83. The summed E-state index contributed by atoms with van der Waals surface area (Å²) >= 11 is 0. The van der Waals surface area contributed by atoms with Gasteiger partial charge in [-0.25, -0.2) is 4.98 Å². The molecule has 2 aromatic heterocycles. The molecular formula is C36H27N4OPt-3. The molecule has 0 amide bonds. The summed E-state index contributed by atoms with van der Waals surface area (Å²) in [7, 11) is 0. The standard InChI is InChI=1S/C36H27N4O.Pt/c1-38-22-39(36-31-21-30(35(36)38)26-11-2-3-12-27(26)31)23-9-8-10-24(19-23)41-25-16-17-29-28-13-4-5-14-32(28)40(33(29)20-25)34-15-6-7-18-37-34;/h2-18,22,30-31,35-36H,21H2,1H3;/q-3;/t30-,31+,35?,36?;/m0./s1/i1D3;. The van der Waals surface area contributed by atoms with Crippen LogP contribution in [0.1, 0.15) is 33.5 Å². The van der Waals surface area contributed by atoms with Gasteiger partial charge in [0.15, 0.2) is 0 Å². The minimum atomic E-state index is -2.23. The van der Waals surface area contributed by atoms with Crippen molar-refractivity contribution in [1.82, 2.24) is 14.5 Å². The van der Waals surface area contributed by atoms with Crippen molar-refractivity contribution in [3.8, 4) is 17.3 Å². The molecular weight excluding hydrogens is 700 g/mol. The predicted octanol–water partition coefficient (Wildman–Crippen LogP) is 7.46. The molecule has 1 saturated carbocycles. The van der Waals surface area contributed by atoms with Gasteiger partial charge in [-0.1, -0.05) is 54.0 Å². The van der Waals surface area contributed by atoms with Gasteiger partial charge in [-0.2, -0.15) is 24.9 Å². The third-order valence-corrected chi connectivity index (χ3v) is 9.05. The number of fused-ring (bicyclic) bond motifs is 11. The molecule has 6 aromatic rings. The first-order chi connectivity index (χ1) is 21.5. The maximum Gasteiger partial charge on any atom is 0.135 e. The summed E-state index contributed by atoms with van der Waals surface area (Å²) in [4.78, 5) is 8.32. The van der Waals surface area contributed by atoms with Crippen LogP contribution in [-0.4, -0.2) is 33.5 Å². The molecule has 2 unspecified atom stereocenters. The van der Waals surface area contributed by atoms with Gasteiger partial charge in [-0.15, -0.1) is 35.3 Å². The van der Waals surface area contributed by atoms with Crippen LogP contribution < -0.4 is 9.64 Å². The third kappa shape index (κ3) is 3.73. The van der Waals surface area contributed by atoms with E-state index in [4.69, 9.17) is 8.85 Å². The normalized spacial score (nSPS) is 23.7. The molecule has 1 saturated heterocycles. The third-order valence-electron chi connectivity index (χ3n) is 9.05. The van der Waals surface area contributed by atoms with Crippen molar-refractivity contribution in [2.45, 2.75) is 30.3 Å². The average molecular weight is 730 g/mol. The van der Waals surface area contributed by atoms with Gasteiger partial charge in [0.2, 0.25) is 0 Å². The molecule has 3 aliphatic rings. The summed E-state index contributed by atoms with van der Waals surface area (Å²) in [6, 6.07) is 39.3. The number of pyridine rings is 1. The molecule has 210 valence electrons. The van der Waals surface area contributed by atoms with Crippen molar-refractivity contribution in [1.29, 1.82) is 0 Å². The van der Waals surface area contributed by atoms with E-state index in [0.717, 1.165) is 39.7 Å². The molecule has 5 nitrogen and oxygen atoms in total. The number of aromatic nitrogens is 2. The van der Waals surface area contributed by atoms with Crippen molar-refractivity contribution >= 4 is 27.5 Å². The van der Waals surface area contributed by atoms with Gasteiger partial charge in [-0.05, 0) is 54.0 Å². The smallest absolute Gasteiger partial charge is 0.135 e. The van der Waals surface area contributed by atoms with Crippen LogP contribution in [0.5, 0.6) is 11.5 Å². The molecule has 9 rings (SSSR count). The first kappa shape index (κ1) is 22.6. The van der Waals surface area contributed by atoms with E-state index in [-0.39, 0.29) is 45.0 Å². The fourth-order valence-electron chi connectivity index (χ4n) is 7.49. The summed E-state index contributed by atoms with van der Waals surface area (Å²) < 4.78 is 33.5. The predicted molar refractivity (Wildman–Crippen MR) is 161 cm³/mol. The monoisotopic (exact) mass is 729 g/mol. The van der Waals surface area contributed by atoms with E-state index >= 15 is 0 Å². The molecule has 2 bridgehead atoms. The SMILES string of the molecule is [2H]C([2H])([2H])N1[CH-]N(c2[c-]c(Oc3[c-]c4c(cc3)c3ccccc3n4-c3ccccn3)ccc2)C2C1[C@H]1C[C@@H]2c2ccccc21.[Pt]. The second-order valence-electron chi connectivity index (χ2n) is 11.1. The number of para-hydroxylation sites is 1. The fourth-order valence-corrected chi connectivity index (χ4v) is 7.49. The molecule has 0 spiro atoms. The molecule has 42 heavy (non-hydrogen) atoms. The maximum absolute atomic E-state index is 8.33. The summed E-state index contributed by atoms with van der Waals surface area (Å²) in [6.07, 6.45) is 2.75. The number of benzene rings is 4. The van der Waals surface area contributed by atoms with Crippen molar-refractivity contribution in [3.05, 3.63) is 133 Å². The van der Waals surface area contributed by atoms with E-state index in [1.807, 2.05) is 54.6 Å². The van der Waals surface area contributed by atoms with E-state index in [0.29, 0.717) is 11.5 Å². The van der Waals surface area contributed by atoms with Gasteiger partial charge in [0.1, 0.15) is 5.82 Å². The van der Waals surface area contributed by atoms with Crippen LogP contribution >= 0.6 is 0 Å². The zero-order chi connectivity index (χ0) is 29.6. The number of nitrogens with zero attached hydrogens (tertiary/aromatic N) is 4. The van der Waals surface area contributed by atoms with Crippen molar-refractivity contribution in [2.24, 2.45) is 0 Å². The van der Waals surface area contributed by atoms with Crippen LogP contribution in [0.25, 0.3) is 27.6 Å². The maximum atomic E-state index is 8.33. The largest absolute Gasteiger partial charge is 0.525 e. The number of ether oxygens (including phenoxy) is 1. The Hall–Kier alpha value is -3.92. The van der Waals surface area contributed by atoms with Crippen LogP contribution in [0.2, 0.25) is 0 Å². The number of likely N-dealkylation sites (N-methyl/N-ethyl adjacent to an activating group) is 1. The Bertz CT molecular complexity index is 2060. The quantitative estimate of drug-likeness (QED) is 0.177. The van der Waals surface area contributed by atoms with Crippen LogP contribution in [-0.2, 0) is 21.1 Å². The summed E-state index contributed by atoms with van der Waals surface area (Å²) in [5.74, 6) is 2.36. The van der Waals surface area contributed by atoms with E-state index in [2.05, 4.69) is 69.0 Å². The number of anilines is 1. The van der Waals surface area contributed by atoms with E-state index in [1.165, 1.54) is 11.1 Å². The summed E-state index contributed by atoms with van der Waals surface area (Å²) in [5.41, 5.74) is 5.34. The minimum Gasteiger partial charge on any atom is -0.525 e. The topological polar surface area (TPSA) is 33.5 Å². The minimum absolute atomic E-state index is 0. The Morgan fingerprint density at radius 1 is 0.810 bits per heavy atom. The van der Waals surface area contributed by atoms with Gasteiger partial charge < -0.3 is 19.1 Å². The number of hydrogen-bond acceptors (Lipinski definition) is 4. The average Bonchev–Trinajstić information content (AvgIpc) is 3.79. The Balaban J connectivity index is 0.00000300. The molecule has 1 aliphatic heterocycles. The molecule has 0 radical (unpaired) electrons. The van der Waals surface area contributed by atoms with Gasteiger partial charge in [0.05, 0.1) is 0 Å². The van der Waals surface area contributed by atoms with E-state index < -0.39 is 6.98 Å². The van der Waals surface area contributed by atoms with Crippen LogP contribution in [0.4, 0.5) is 5.69 Å². The van der Waals surface area contributed by atoms with Crippen molar-refractivity contribution < 1.29 is 29.9 Å².